The second kappa shape index (κ2) is 6.69. The van der Waals surface area contributed by atoms with E-state index in [2.05, 4.69) is 5.10 Å². The molecule has 1 unspecified atom stereocenters. The van der Waals surface area contributed by atoms with Crippen LogP contribution in [-0.2, 0) is 25.5 Å². The molecule has 0 aromatic carbocycles. The van der Waals surface area contributed by atoms with Gasteiger partial charge in [0.05, 0.1) is 5.25 Å². The van der Waals surface area contributed by atoms with E-state index >= 15 is 0 Å². The van der Waals surface area contributed by atoms with Crippen molar-refractivity contribution >= 4 is 29.0 Å². The van der Waals surface area contributed by atoms with E-state index in [1.807, 2.05) is 6.92 Å². The molecule has 0 spiro atoms. The Balaban J connectivity index is 3.44. The van der Waals surface area contributed by atoms with Crippen LogP contribution in [0.1, 0.15) is 27.2 Å². The van der Waals surface area contributed by atoms with Crippen LogP contribution in [-0.4, -0.2) is 37.2 Å². The lowest BCUT2D eigenvalue weighted by molar-refractivity contribution is 0.323. The van der Waals surface area contributed by atoms with E-state index < -0.39 is 22.7 Å². The van der Waals surface area contributed by atoms with Crippen LogP contribution in [0.5, 0.6) is 5.88 Å². The minimum Gasteiger partial charge on any atom is -0.403 e. The van der Waals surface area contributed by atoms with Crippen molar-refractivity contribution in [2.24, 2.45) is 0 Å². The molecule has 1 heterocycles. The van der Waals surface area contributed by atoms with Gasteiger partial charge in [-0.25, -0.2) is 17.7 Å². The number of hydrogen-bond acceptors (Lipinski definition) is 6. The Labute approximate surface area is 130 Å². The van der Waals surface area contributed by atoms with Crippen LogP contribution in [0.15, 0.2) is 5.03 Å². The van der Waals surface area contributed by atoms with Crippen molar-refractivity contribution in [2.75, 3.05) is 13.8 Å². The lowest BCUT2D eigenvalue weighted by Crippen LogP contribution is -2.19. The lowest BCUT2D eigenvalue weighted by Gasteiger charge is -2.10. The fourth-order valence-electron chi connectivity index (χ4n) is 1.51. The predicted molar refractivity (Wildman–Crippen MR) is 81.0 cm³/mol. The van der Waals surface area contributed by atoms with Gasteiger partial charge in [0.25, 0.3) is 5.88 Å². The van der Waals surface area contributed by atoms with Gasteiger partial charge in [-0.1, -0.05) is 18.5 Å². The van der Waals surface area contributed by atoms with Crippen LogP contribution in [0.3, 0.4) is 0 Å². The molecular formula is C11H20ClN2O5PS. The van der Waals surface area contributed by atoms with Crippen molar-refractivity contribution in [1.29, 1.82) is 0 Å². The monoisotopic (exact) mass is 358 g/mol. The van der Waals surface area contributed by atoms with Gasteiger partial charge in [0.1, 0.15) is 5.02 Å². The number of halogens is 1. The van der Waals surface area contributed by atoms with Gasteiger partial charge in [0.15, 0.2) is 14.9 Å². The Hall–Kier alpha value is -0.560. The smallest absolute Gasteiger partial charge is 0.377 e. The van der Waals surface area contributed by atoms with Crippen molar-refractivity contribution < 1.29 is 22.0 Å². The van der Waals surface area contributed by atoms with Crippen molar-refractivity contribution in [3.05, 3.63) is 5.02 Å². The molecular weight excluding hydrogens is 339 g/mol. The average Bonchev–Trinajstić information content (AvgIpc) is 2.66. The number of sulfone groups is 1. The predicted octanol–water partition coefficient (Wildman–Crippen LogP) is 2.98. The van der Waals surface area contributed by atoms with Crippen LogP contribution in [0.2, 0.25) is 5.02 Å². The molecule has 21 heavy (non-hydrogen) atoms. The SMILES string of the molecule is CCCn1nc(OP(C)(=O)OC)c(Cl)c1S(=O)(=O)C(C)C. The zero-order chi connectivity index (χ0) is 16.4. The highest BCUT2D eigenvalue weighted by Crippen LogP contribution is 2.46. The Bertz CT molecular complexity index is 656. The summed E-state index contributed by atoms with van der Waals surface area (Å²) in [5.74, 6) is -0.197. The third-order valence-electron chi connectivity index (χ3n) is 2.73. The van der Waals surface area contributed by atoms with E-state index in [4.69, 9.17) is 20.6 Å². The minimum absolute atomic E-state index is 0.118. The van der Waals surface area contributed by atoms with Gasteiger partial charge in [0, 0.05) is 20.3 Å². The first-order chi connectivity index (χ1) is 9.56. The molecule has 1 atom stereocenters. The Morgan fingerprint density at radius 3 is 2.43 bits per heavy atom. The summed E-state index contributed by atoms with van der Waals surface area (Å²) >= 11 is 6.09. The average molecular weight is 359 g/mol. The summed E-state index contributed by atoms with van der Waals surface area (Å²) in [6, 6.07) is 0. The third kappa shape index (κ3) is 4.00. The first-order valence-electron chi connectivity index (χ1n) is 6.39. The quantitative estimate of drug-likeness (QED) is 0.696. The number of nitrogens with zero attached hydrogens (tertiary/aromatic N) is 2. The largest absolute Gasteiger partial charge is 0.403 e. The molecule has 0 amide bonds. The molecule has 0 bridgehead atoms. The molecule has 122 valence electrons. The van der Waals surface area contributed by atoms with Crippen molar-refractivity contribution in [3.8, 4) is 5.88 Å². The highest BCUT2D eigenvalue weighted by atomic mass is 35.5. The molecule has 0 saturated carbocycles. The molecule has 0 N–H and O–H groups in total. The third-order valence-corrected chi connectivity index (χ3v) is 6.55. The van der Waals surface area contributed by atoms with E-state index in [0.717, 1.165) is 0 Å². The fraction of sp³-hybridized carbons (Fsp3) is 0.727. The van der Waals surface area contributed by atoms with E-state index in [-0.39, 0.29) is 15.9 Å². The molecule has 1 aromatic heterocycles. The topological polar surface area (TPSA) is 87.5 Å². The van der Waals surface area contributed by atoms with E-state index in [9.17, 15) is 13.0 Å². The Kier molecular flexibility index (Phi) is 5.89. The molecule has 1 aromatic rings. The Morgan fingerprint density at radius 2 is 2.00 bits per heavy atom. The van der Waals surface area contributed by atoms with Gasteiger partial charge >= 0.3 is 7.60 Å². The van der Waals surface area contributed by atoms with Gasteiger partial charge in [-0.05, 0) is 20.3 Å². The number of rotatable bonds is 7. The van der Waals surface area contributed by atoms with E-state index in [1.54, 1.807) is 13.8 Å². The summed E-state index contributed by atoms with van der Waals surface area (Å²) in [5, 5.41) is 3.06. The molecule has 0 aliphatic carbocycles. The minimum atomic E-state index is -3.64. The van der Waals surface area contributed by atoms with Gasteiger partial charge < -0.3 is 9.05 Å². The Morgan fingerprint density at radius 1 is 1.43 bits per heavy atom. The normalized spacial score (nSPS) is 15.2. The van der Waals surface area contributed by atoms with Gasteiger partial charge in [-0.15, -0.1) is 5.10 Å². The summed E-state index contributed by atoms with van der Waals surface area (Å²) in [4.78, 5) is 0. The molecule has 0 fully saturated rings. The molecule has 0 radical (unpaired) electrons. The van der Waals surface area contributed by atoms with Crippen LogP contribution in [0.4, 0.5) is 0 Å². The number of hydrogen-bond donors (Lipinski definition) is 0. The summed E-state index contributed by atoms with van der Waals surface area (Å²) < 4.78 is 47.8. The molecule has 1 rings (SSSR count). The van der Waals surface area contributed by atoms with Crippen LogP contribution >= 0.6 is 19.2 Å². The molecule has 10 heteroatoms. The molecule has 0 aliphatic rings. The zero-order valence-corrected chi connectivity index (χ0v) is 15.1. The summed E-state index contributed by atoms with van der Waals surface area (Å²) in [5.41, 5.74) is 0. The second-order valence-electron chi connectivity index (χ2n) is 4.79. The van der Waals surface area contributed by atoms with Gasteiger partial charge in [-0.2, -0.15) is 0 Å². The standard InChI is InChI=1S/C11H20ClN2O5PS/c1-6-7-14-11(21(16,17)8(2)3)9(12)10(13-14)19-20(5,15)18-4/h8H,6-7H2,1-5H3. The van der Waals surface area contributed by atoms with Crippen molar-refractivity contribution in [3.63, 3.8) is 0 Å². The summed E-state index contributed by atoms with van der Waals surface area (Å²) in [6.45, 7) is 6.58. The molecule has 0 aliphatic heterocycles. The zero-order valence-electron chi connectivity index (χ0n) is 12.7. The lowest BCUT2D eigenvalue weighted by atomic mass is 10.5. The molecule has 7 nitrogen and oxygen atoms in total. The van der Waals surface area contributed by atoms with Crippen LogP contribution in [0.25, 0.3) is 0 Å². The van der Waals surface area contributed by atoms with Crippen molar-refractivity contribution in [2.45, 2.75) is 44.0 Å². The van der Waals surface area contributed by atoms with Crippen molar-refractivity contribution in [1.82, 2.24) is 9.78 Å². The maximum Gasteiger partial charge on any atom is 0.377 e. The molecule has 0 saturated heterocycles. The fourth-order valence-corrected chi connectivity index (χ4v) is 3.79. The van der Waals surface area contributed by atoms with Crippen LogP contribution in [0, 0.1) is 0 Å². The first kappa shape index (κ1) is 18.5. The van der Waals surface area contributed by atoms with E-state index in [1.165, 1.54) is 18.5 Å². The highest BCUT2D eigenvalue weighted by molar-refractivity contribution is 7.92. The highest BCUT2D eigenvalue weighted by Gasteiger charge is 2.32. The first-order valence-corrected chi connectivity index (χ1v) is 10.3. The summed E-state index contributed by atoms with van der Waals surface area (Å²) in [6.07, 6.45) is 0.659. The second-order valence-corrected chi connectivity index (χ2v) is 9.67. The van der Waals surface area contributed by atoms with Crippen LogP contribution < -0.4 is 4.52 Å². The van der Waals surface area contributed by atoms with Gasteiger partial charge in [0.2, 0.25) is 0 Å². The summed E-state index contributed by atoms with van der Waals surface area (Å²) in [7, 11) is -5.80. The maximum absolute atomic E-state index is 12.4. The number of aryl methyl sites for hydroxylation is 1. The maximum atomic E-state index is 12.4. The number of aromatic nitrogens is 2. The van der Waals surface area contributed by atoms with E-state index in [0.29, 0.717) is 13.0 Å². The van der Waals surface area contributed by atoms with Gasteiger partial charge in [-0.3, -0.25) is 0 Å².